The number of para-hydroxylation sites is 1. The maximum atomic E-state index is 14.4. The summed E-state index contributed by atoms with van der Waals surface area (Å²) in [6, 6.07) is 27.5. The van der Waals surface area contributed by atoms with E-state index < -0.39 is 6.04 Å². The molecule has 7 rings (SSSR count). The fraction of sp³-hybridized carbons (Fsp3) is 0.257. The molecule has 46 heavy (non-hydrogen) atoms. The van der Waals surface area contributed by atoms with E-state index in [2.05, 4.69) is 20.5 Å². The molecule has 0 aliphatic carbocycles. The minimum absolute atomic E-state index is 0.0938. The van der Waals surface area contributed by atoms with Gasteiger partial charge in [0.05, 0.1) is 18.7 Å². The van der Waals surface area contributed by atoms with Crippen LogP contribution >= 0.6 is 0 Å². The van der Waals surface area contributed by atoms with Gasteiger partial charge in [-0.2, -0.15) is 0 Å². The van der Waals surface area contributed by atoms with E-state index >= 15 is 0 Å². The second kappa shape index (κ2) is 12.9. The normalized spacial score (nSPS) is 14.7. The summed E-state index contributed by atoms with van der Waals surface area (Å²) in [6.45, 7) is 5.19. The summed E-state index contributed by atoms with van der Waals surface area (Å²) in [5.41, 5.74) is 5.68. The Hall–Kier alpha value is -5.42. The first-order valence-corrected chi connectivity index (χ1v) is 15.3. The highest BCUT2D eigenvalue weighted by Crippen LogP contribution is 2.37. The molecule has 234 valence electrons. The average molecular weight is 619 g/mol. The molecular formula is C35H34N6O5. The number of benzene rings is 4. The fourth-order valence-electron chi connectivity index (χ4n) is 5.81. The van der Waals surface area contributed by atoms with Crippen molar-refractivity contribution in [3.8, 4) is 11.5 Å². The second-order valence-corrected chi connectivity index (χ2v) is 11.4. The largest absolute Gasteiger partial charge is 0.454 e. The number of hydrogen-bond acceptors (Lipinski definition) is 8. The smallest absolute Gasteiger partial charge is 0.251 e. The zero-order valence-electron chi connectivity index (χ0n) is 25.5. The molecule has 3 heterocycles. The number of nitrogens with zero attached hydrogens (tertiary/aromatic N) is 5. The van der Waals surface area contributed by atoms with Crippen LogP contribution in [0.25, 0.3) is 11.0 Å². The number of nitrogens with one attached hydrogen (secondary N) is 1. The lowest BCUT2D eigenvalue weighted by Crippen LogP contribution is -2.42. The van der Waals surface area contributed by atoms with E-state index in [9.17, 15) is 9.59 Å². The number of fused-ring (bicyclic) bond motifs is 2. The van der Waals surface area contributed by atoms with Gasteiger partial charge in [0.15, 0.2) is 11.5 Å². The summed E-state index contributed by atoms with van der Waals surface area (Å²) in [4.78, 5) is 32.5. The summed E-state index contributed by atoms with van der Waals surface area (Å²) in [7, 11) is 0. The van der Waals surface area contributed by atoms with Gasteiger partial charge in [-0.05, 0) is 66.6 Å². The van der Waals surface area contributed by atoms with Crippen LogP contribution in [0.3, 0.4) is 0 Å². The third-order valence-electron chi connectivity index (χ3n) is 8.28. The van der Waals surface area contributed by atoms with Crippen LogP contribution < -0.4 is 19.7 Å². The van der Waals surface area contributed by atoms with E-state index in [1.807, 2.05) is 79.7 Å². The molecule has 1 N–H and O–H groups in total. The van der Waals surface area contributed by atoms with Gasteiger partial charge in [-0.15, -0.1) is 5.10 Å². The van der Waals surface area contributed by atoms with Crippen molar-refractivity contribution >= 4 is 34.2 Å². The van der Waals surface area contributed by atoms with Crippen molar-refractivity contribution in [3.63, 3.8) is 0 Å². The molecule has 1 unspecified atom stereocenters. The fourth-order valence-corrected chi connectivity index (χ4v) is 5.81. The summed E-state index contributed by atoms with van der Waals surface area (Å²) < 4.78 is 18.3. The lowest BCUT2D eigenvalue weighted by molar-refractivity contribution is -0.140. The van der Waals surface area contributed by atoms with Gasteiger partial charge in [0.1, 0.15) is 18.1 Å². The SMILES string of the molecule is Cc1ccc(CN(C(=O)Cn2nnc3ccccc32)C(C(=O)Nc2ccc(N3CCOCC3)cc2)c2ccc3c(c2)OCO3)cc1. The van der Waals surface area contributed by atoms with Crippen LogP contribution in [-0.2, 0) is 27.4 Å². The molecule has 4 aromatic carbocycles. The molecule has 0 saturated carbocycles. The molecule has 1 fully saturated rings. The Bertz CT molecular complexity index is 1850. The summed E-state index contributed by atoms with van der Waals surface area (Å²) in [5.74, 6) is 0.459. The quantitative estimate of drug-likeness (QED) is 0.253. The monoisotopic (exact) mass is 618 g/mol. The molecule has 1 aromatic heterocycles. The molecule has 0 radical (unpaired) electrons. The van der Waals surface area contributed by atoms with Crippen molar-refractivity contribution in [2.24, 2.45) is 0 Å². The maximum absolute atomic E-state index is 14.4. The predicted molar refractivity (Wildman–Crippen MR) is 173 cm³/mol. The van der Waals surface area contributed by atoms with Crippen LogP contribution in [0, 0.1) is 6.92 Å². The van der Waals surface area contributed by atoms with Gasteiger partial charge in [-0.3, -0.25) is 9.59 Å². The number of anilines is 2. The number of carbonyl (C=O) groups excluding carboxylic acids is 2. The predicted octanol–water partition coefficient (Wildman–Crippen LogP) is 4.71. The Morgan fingerprint density at radius 2 is 1.67 bits per heavy atom. The zero-order chi connectivity index (χ0) is 31.5. The molecule has 0 bridgehead atoms. The van der Waals surface area contributed by atoms with Gasteiger partial charge in [-0.25, -0.2) is 4.68 Å². The van der Waals surface area contributed by atoms with Gasteiger partial charge in [0, 0.05) is 31.0 Å². The third kappa shape index (κ3) is 6.22. The Balaban J connectivity index is 1.24. The molecule has 2 amide bonds. The number of ether oxygens (including phenoxy) is 3. The number of aromatic nitrogens is 3. The minimum Gasteiger partial charge on any atom is -0.454 e. The van der Waals surface area contributed by atoms with E-state index in [1.165, 1.54) is 0 Å². The van der Waals surface area contributed by atoms with Gasteiger partial charge >= 0.3 is 0 Å². The van der Waals surface area contributed by atoms with Gasteiger partial charge < -0.3 is 29.3 Å². The van der Waals surface area contributed by atoms with Gasteiger partial charge in [0.2, 0.25) is 12.7 Å². The second-order valence-electron chi connectivity index (χ2n) is 11.4. The molecule has 1 saturated heterocycles. The number of aryl methyl sites for hydroxylation is 1. The highest BCUT2D eigenvalue weighted by Gasteiger charge is 2.33. The van der Waals surface area contributed by atoms with Crippen molar-refractivity contribution < 1.29 is 23.8 Å². The molecule has 2 aliphatic heterocycles. The highest BCUT2D eigenvalue weighted by atomic mass is 16.7. The van der Waals surface area contributed by atoms with Gasteiger partial charge in [-0.1, -0.05) is 53.2 Å². The van der Waals surface area contributed by atoms with Crippen LogP contribution in [-0.4, -0.2) is 64.8 Å². The van der Waals surface area contributed by atoms with Crippen molar-refractivity contribution in [3.05, 3.63) is 108 Å². The van der Waals surface area contributed by atoms with Crippen molar-refractivity contribution in [2.75, 3.05) is 43.3 Å². The number of hydrogen-bond donors (Lipinski definition) is 1. The molecule has 2 aliphatic rings. The van der Waals surface area contributed by atoms with E-state index in [4.69, 9.17) is 14.2 Å². The number of amides is 2. The van der Waals surface area contributed by atoms with Crippen molar-refractivity contribution in [2.45, 2.75) is 26.1 Å². The Labute approximate surface area is 266 Å². The molecule has 5 aromatic rings. The van der Waals surface area contributed by atoms with E-state index in [-0.39, 0.29) is 31.7 Å². The Kier molecular flexibility index (Phi) is 8.22. The Morgan fingerprint density at radius 1 is 0.913 bits per heavy atom. The van der Waals surface area contributed by atoms with Gasteiger partial charge in [0.25, 0.3) is 5.91 Å². The molecule has 1 atom stereocenters. The number of rotatable bonds is 9. The third-order valence-corrected chi connectivity index (χ3v) is 8.28. The lowest BCUT2D eigenvalue weighted by Gasteiger charge is -2.32. The zero-order valence-corrected chi connectivity index (χ0v) is 25.5. The van der Waals surface area contributed by atoms with Crippen LogP contribution in [0.4, 0.5) is 11.4 Å². The lowest BCUT2D eigenvalue weighted by atomic mass is 10.0. The molecule has 11 heteroatoms. The molecule has 11 nitrogen and oxygen atoms in total. The van der Waals surface area contributed by atoms with Crippen LogP contribution in [0.1, 0.15) is 22.7 Å². The highest BCUT2D eigenvalue weighted by molar-refractivity contribution is 5.98. The van der Waals surface area contributed by atoms with E-state index in [0.29, 0.717) is 41.5 Å². The maximum Gasteiger partial charge on any atom is 0.251 e. The number of morpholine rings is 1. The number of carbonyl (C=O) groups is 2. The summed E-state index contributed by atoms with van der Waals surface area (Å²) in [6.07, 6.45) is 0. The van der Waals surface area contributed by atoms with Crippen molar-refractivity contribution in [1.82, 2.24) is 19.9 Å². The first kappa shape index (κ1) is 29.3. The van der Waals surface area contributed by atoms with E-state index in [0.717, 1.165) is 35.4 Å². The van der Waals surface area contributed by atoms with Crippen LogP contribution in [0.15, 0.2) is 91.0 Å². The minimum atomic E-state index is -1.00. The van der Waals surface area contributed by atoms with Crippen molar-refractivity contribution in [1.29, 1.82) is 0 Å². The van der Waals surface area contributed by atoms with E-state index in [1.54, 1.807) is 27.8 Å². The summed E-state index contributed by atoms with van der Waals surface area (Å²) >= 11 is 0. The standard InChI is InChI=1S/C35H34N6O5/c1-24-6-8-25(9-7-24)21-40(33(42)22-41-30-5-3-2-4-29(30)37-38-41)34(26-10-15-31-32(20-26)46-23-45-31)35(43)36-27-11-13-28(14-12-27)39-16-18-44-19-17-39/h2-15,20,34H,16-19,21-23H2,1H3,(H,36,43). The first-order valence-electron chi connectivity index (χ1n) is 15.3. The molecule has 0 spiro atoms. The first-order chi connectivity index (χ1) is 22.5. The van der Waals surface area contributed by atoms with Crippen LogP contribution in [0.2, 0.25) is 0 Å². The summed E-state index contributed by atoms with van der Waals surface area (Å²) in [5, 5.41) is 11.5. The average Bonchev–Trinajstić information content (AvgIpc) is 3.73. The molecular weight excluding hydrogens is 584 g/mol. The topological polar surface area (TPSA) is 111 Å². The Morgan fingerprint density at radius 3 is 2.48 bits per heavy atom. The van der Waals surface area contributed by atoms with Crippen LogP contribution in [0.5, 0.6) is 11.5 Å².